The van der Waals surface area contributed by atoms with Gasteiger partial charge in [0, 0.05) is 43.7 Å². The van der Waals surface area contributed by atoms with Crippen LogP contribution in [0.25, 0.3) is 16.6 Å². The Balaban J connectivity index is 1.25. The molecule has 5 rings (SSSR count). The molecule has 31 heavy (non-hydrogen) atoms. The highest BCUT2D eigenvalue weighted by atomic mass is 16.2. The number of aromatic nitrogens is 4. The summed E-state index contributed by atoms with van der Waals surface area (Å²) in [7, 11) is 0. The third kappa shape index (κ3) is 3.99. The molecule has 1 aliphatic heterocycles. The molecule has 1 fully saturated rings. The fourth-order valence-electron chi connectivity index (χ4n) is 4.16. The maximum absolute atomic E-state index is 13.0. The third-order valence-corrected chi connectivity index (χ3v) is 5.92. The molecule has 0 atom stereocenters. The van der Waals surface area contributed by atoms with Gasteiger partial charge < -0.3 is 4.90 Å². The van der Waals surface area contributed by atoms with Crippen LogP contribution in [0.1, 0.15) is 23.2 Å². The maximum atomic E-state index is 13.0. The van der Waals surface area contributed by atoms with Crippen LogP contribution >= 0.6 is 0 Å². The molecular formula is C24H23N5O2. The average Bonchev–Trinajstić information content (AvgIpc) is 3.35. The lowest BCUT2D eigenvalue weighted by molar-refractivity contribution is 0.0680. The summed E-state index contributed by atoms with van der Waals surface area (Å²) in [5, 5.41) is 10.8. The van der Waals surface area contributed by atoms with Crippen LogP contribution in [-0.4, -0.2) is 43.5 Å². The van der Waals surface area contributed by atoms with E-state index in [1.54, 1.807) is 23.1 Å². The van der Waals surface area contributed by atoms with E-state index in [-0.39, 0.29) is 11.5 Å². The number of amides is 1. The van der Waals surface area contributed by atoms with E-state index in [4.69, 9.17) is 0 Å². The van der Waals surface area contributed by atoms with E-state index in [1.165, 1.54) is 10.7 Å². The molecule has 7 nitrogen and oxygen atoms in total. The first-order chi connectivity index (χ1) is 15.2. The summed E-state index contributed by atoms with van der Waals surface area (Å²) in [6.45, 7) is 1.92. The summed E-state index contributed by atoms with van der Waals surface area (Å²) in [6, 6.07) is 19.0. The highest BCUT2D eigenvalue weighted by Crippen LogP contribution is 2.22. The van der Waals surface area contributed by atoms with Crippen LogP contribution in [-0.2, 0) is 6.54 Å². The summed E-state index contributed by atoms with van der Waals surface area (Å²) < 4.78 is 3.16. The monoisotopic (exact) mass is 413 g/mol. The Morgan fingerprint density at radius 1 is 0.968 bits per heavy atom. The van der Waals surface area contributed by atoms with Crippen molar-refractivity contribution in [3.05, 3.63) is 89.0 Å². The summed E-state index contributed by atoms with van der Waals surface area (Å²) in [6.07, 6.45) is 5.17. The fourth-order valence-corrected chi connectivity index (χ4v) is 4.16. The topological polar surface area (TPSA) is 73.0 Å². The zero-order valence-corrected chi connectivity index (χ0v) is 17.1. The fraction of sp³-hybridized carbons (Fsp3) is 0.250. The summed E-state index contributed by atoms with van der Waals surface area (Å²) in [5.74, 6) is 0.993. The summed E-state index contributed by atoms with van der Waals surface area (Å²) in [5.41, 5.74) is 0.604. The molecule has 0 unspecified atom stereocenters. The van der Waals surface area contributed by atoms with Gasteiger partial charge in [0.15, 0.2) is 5.82 Å². The van der Waals surface area contributed by atoms with E-state index in [9.17, 15) is 9.59 Å². The quantitative estimate of drug-likeness (QED) is 0.515. The number of benzene rings is 2. The van der Waals surface area contributed by atoms with Gasteiger partial charge in [0.05, 0.1) is 0 Å². The van der Waals surface area contributed by atoms with Crippen molar-refractivity contribution in [2.24, 2.45) is 5.92 Å². The zero-order valence-electron chi connectivity index (χ0n) is 17.1. The second-order valence-electron chi connectivity index (χ2n) is 7.96. The average molecular weight is 413 g/mol. The number of hydrogen-bond acceptors (Lipinski definition) is 4. The van der Waals surface area contributed by atoms with Gasteiger partial charge in [-0.05, 0) is 53.8 Å². The standard InChI is InChI=1S/C24H23N5O2/c30-23-9-8-22(28-13-3-12-25-28)26-29(23)17-18-10-14-27(15-11-18)24(31)21-7-6-19-4-1-2-5-20(19)16-21/h1-9,12-13,16,18H,10-11,14-15,17H2. The van der Waals surface area contributed by atoms with Crippen molar-refractivity contribution in [1.82, 2.24) is 24.5 Å². The summed E-state index contributed by atoms with van der Waals surface area (Å²) >= 11 is 0. The Morgan fingerprint density at radius 2 is 1.77 bits per heavy atom. The largest absolute Gasteiger partial charge is 0.339 e. The molecule has 4 aromatic rings. The molecule has 2 aromatic heterocycles. The van der Waals surface area contributed by atoms with Crippen molar-refractivity contribution < 1.29 is 4.79 Å². The lowest BCUT2D eigenvalue weighted by Crippen LogP contribution is -2.40. The molecule has 2 aromatic carbocycles. The van der Waals surface area contributed by atoms with E-state index in [1.807, 2.05) is 53.4 Å². The minimum absolute atomic E-state index is 0.0696. The second-order valence-corrected chi connectivity index (χ2v) is 7.96. The number of likely N-dealkylation sites (tertiary alicyclic amines) is 1. The van der Waals surface area contributed by atoms with E-state index >= 15 is 0 Å². The predicted molar refractivity (Wildman–Crippen MR) is 118 cm³/mol. The van der Waals surface area contributed by atoms with Gasteiger partial charge >= 0.3 is 0 Å². The Hall–Kier alpha value is -3.74. The number of carbonyl (C=O) groups excluding carboxylic acids is 1. The number of hydrogen-bond donors (Lipinski definition) is 0. The van der Waals surface area contributed by atoms with E-state index in [0.29, 0.717) is 31.4 Å². The number of carbonyl (C=O) groups is 1. The maximum Gasteiger partial charge on any atom is 0.266 e. The van der Waals surface area contributed by atoms with Crippen molar-refractivity contribution in [2.75, 3.05) is 13.1 Å². The summed E-state index contributed by atoms with van der Waals surface area (Å²) in [4.78, 5) is 27.2. The van der Waals surface area contributed by atoms with Crippen LogP contribution in [0.5, 0.6) is 0 Å². The van der Waals surface area contributed by atoms with Crippen LogP contribution < -0.4 is 5.56 Å². The molecule has 0 saturated carbocycles. The molecule has 1 saturated heterocycles. The van der Waals surface area contributed by atoms with Crippen LogP contribution in [0.15, 0.2) is 77.9 Å². The van der Waals surface area contributed by atoms with Gasteiger partial charge in [-0.25, -0.2) is 9.36 Å². The van der Waals surface area contributed by atoms with Crippen molar-refractivity contribution in [3.63, 3.8) is 0 Å². The molecule has 3 heterocycles. The Kier molecular flexibility index (Phi) is 5.08. The molecule has 156 valence electrons. The van der Waals surface area contributed by atoms with Crippen LogP contribution in [0.2, 0.25) is 0 Å². The minimum atomic E-state index is -0.120. The molecule has 0 bridgehead atoms. The molecule has 0 aliphatic carbocycles. The lowest BCUT2D eigenvalue weighted by Gasteiger charge is -2.32. The third-order valence-electron chi connectivity index (χ3n) is 5.92. The molecule has 0 radical (unpaired) electrons. The highest BCUT2D eigenvalue weighted by Gasteiger charge is 2.24. The minimum Gasteiger partial charge on any atom is -0.339 e. The predicted octanol–water partition coefficient (Wildman–Crippen LogP) is 3.13. The van der Waals surface area contributed by atoms with Crippen LogP contribution in [0.4, 0.5) is 0 Å². The normalized spacial score (nSPS) is 14.8. The van der Waals surface area contributed by atoms with Gasteiger partial charge in [-0.1, -0.05) is 30.3 Å². The molecule has 1 aliphatic rings. The molecule has 0 spiro atoms. The Bertz CT molecular complexity index is 1270. The Labute approximate surface area is 179 Å². The second kappa shape index (κ2) is 8.18. The number of fused-ring (bicyclic) bond motifs is 1. The van der Waals surface area contributed by atoms with Crippen LogP contribution in [0, 0.1) is 5.92 Å². The van der Waals surface area contributed by atoms with Crippen molar-refractivity contribution in [1.29, 1.82) is 0 Å². The van der Waals surface area contributed by atoms with Crippen molar-refractivity contribution >= 4 is 16.7 Å². The van der Waals surface area contributed by atoms with Gasteiger partial charge in [-0.3, -0.25) is 9.59 Å². The first-order valence-corrected chi connectivity index (χ1v) is 10.5. The van der Waals surface area contributed by atoms with Gasteiger partial charge in [-0.15, -0.1) is 5.10 Å². The number of rotatable bonds is 4. The van der Waals surface area contributed by atoms with Gasteiger partial charge in [-0.2, -0.15) is 5.10 Å². The number of piperidine rings is 1. The van der Waals surface area contributed by atoms with E-state index < -0.39 is 0 Å². The number of nitrogens with zero attached hydrogens (tertiary/aromatic N) is 5. The molecular weight excluding hydrogens is 390 g/mol. The zero-order chi connectivity index (χ0) is 21.2. The highest BCUT2D eigenvalue weighted by molar-refractivity contribution is 5.98. The molecule has 7 heteroatoms. The SMILES string of the molecule is O=C(c1ccc2ccccc2c1)N1CCC(Cn2nc(-n3cccn3)ccc2=O)CC1. The van der Waals surface area contributed by atoms with Crippen molar-refractivity contribution in [2.45, 2.75) is 19.4 Å². The molecule has 1 amide bonds. The van der Waals surface area contributed by atoms with Crippen LogP contribution in [0.3, 0.4) is 0 Å². The first kappa shape index (κ1) is 19.2. The van der Waals surface area contributed by atoms with Crippen molar-refractivity contribution in [3.8, 4) is 5.82 Å². The van der Waals surface area contributed by atoms with Gasteiger partial charge in [0.2, 0.25) is 0 Å². The lowest BCUT2D eigenvalue weighted by atomic mass is 9.96. The smallest absolute Gasteiger partial charge is 0.266 e. The first-order valence-electron chi connectivity index (χ1n) is 10.5. The van der Waals surface area contributed by atoms with Gasteiger partial charge in [0.25, 0.3) is 11.5 Å². The van der Waals surface area contributed by atoms with E-state index in [2.05, 4.69) is 10.2 Å². The Morgan fingerprint density at radius 3 is 2.55 bits per heavy atom. The van der Waals surface area contributed by atoms with Gasteiger partial charge in [0.1, 0.15) is 0 Å². The molecule has 0 N–H and O–H groups in total. The van der Waals surface area contributed by atoms with E-state index in [0.717, 1.165) is 29.2 Å².